The van der Waals surface area contributed by atoms with Crippen molar-refractivity contribution in [2.75, 3.05) is 19.7 Å². The molecule has 0 aliphatic carbocycles. The molecule has 4 nitrogen and oxygen atoms in total. The first-order valence-electron chi connectivity index (χ1n) is 9.30. The summed E-state index contributed by atoms with van der Waals surface area (Å²) in [6, 6.07) is 11.4. The Balaban J connectivity index is 1.58. The summed E-state index contributed by atoms with van der Waals surface area (Å²) in [7, 11) is 0. The number of hydrogen-bond acceptors (Lipinski definition) is 2. The van der Waals surface area contributed by atoms with Crippen LogP contribution in [0.15, 0.2) is 42.5 Å². The highest BCUT2D eigenvalue weighted by atomic mass is 19.1. The molecule has 1 fully saturated rings. The van der Waals surface area contributed by atoms with Crippen LogP contribution < -0.4 is 10.1 Å². The fraction of sp³-hybridized carbons (Fsp3) is 0.381. The molecule has 0 aromatic heterocycles. The van der Waals surface area contributed by atoms with E-state index in [1.807, 2.05) is 31.2 Å². The van der Waals surface area contributed by atoms with Crippen LogP contribution in [0.1, 0.15) is 36.9 Å². The summed E-state index contributed by atoms with van der Waals surface area (Å²) < 4.78 is 32.8. The molecule has 1 aliphatic rings. The lowest BCUT2D eigenvalue weighted by atomic mass is 10.0. The molecule has 0 spiro atoms. The van der Waals surface area contributed by atoms with Crippen molar-refractivity contribution < 1.29 is 18.3 Å². The zero-order valence-corrected chi connectivity index (χ0v) is 15.4. The van der Waals surface area contributed by atoms with Crippen molar-refractivity contribution in [1.82, 2.24) is 10.2 Å². The van der Waals surface area contributed by atoms with Crippen LogP contribution in [0.3, 0.4) is 0 Å². The average molecular weight is 374 g/mol. The fourth-order valence-electron chi connectivity index (χ4n) is 3.48. The Morgan fingerprint density at radius 3 is 2.56 bits per heavy atom. The van der Waals surface area contributed by atoms with Crippen molar-refractivity contribution in [2.24, 2.45) is 0 Å². The molecule has 1 heterocycles. The van der Waals surface area contributed by atoms with Gasteiger partial charge in [0.15, 0.2) is 0 Å². The Morgan fingerprint density at radius 2 is 1.89 bits per heavy atom. The smallest absolute Gasteiger partial charge is 0.317 e. The standard InChI is InChI=1S/C21H24F2N2O2/c1-2-27-16-10-8-15(9-11-16)20-7-4-14-25(20)21(26)24-13-12-17-18(22)5-3-6-19(17)23/h3,5-6,8-11,20H,2,4,7,12-14H2,1H3,(H,24,26). The van der Waals surface area contributed by atoms with Crippen LogP contribution in [0.5, 0.6) is 5.75 Å². The van der Waals surface area contributed by atoms with E-state index in [0.717, 1.165) is 24.2 Å². The molecular weight excluding hydrogens is 350 g/mol. The van der Waals surface area contributed by atoms with Gasteiger partial charge >= 0.3 is 6.03 Å². The molecule has 0 saturated carbocycles. The Labute approximate surface area is 158 Å². The van der Waals surface area contributed by atoms with E-state index in [1.54, 1.807) is 4.90 Å². The van der Waals surface area contributed by atoms with E-state index in [9.17, 15) is 13.6 Å². The lowest BCUT2D eigenvalue weighted by molar-refractivity contribution is 0.193. The van der Waals surface area contributed by atoms with Gasteiger partial charge in [0.1, 0.15) is 17.4 Å². The van der Waals surface area contributed by atoms with Gasteiger partial charge in [0.25, 0.3) is 0 Å². The van der Waals surface area contributed by atoms with Gasteiger partial charge in [-0.2, -0.15) is 0 Å². The van der Waals surface area contributed by atoms with Crippen LogP contribution in [0.25, 0.3) is 0 Å². The van der Waals surface area contributed by atoms with E-state index < -0.39 is 11.6 Å². The molecule has 6 heteroatoms. The number of carbonyl (C=O) groups is 1. The molecular formula is C21H24F2N2O2. The van der Waals surface area contributed by atoms with Crippen LogP contribution in [-0.4, -0.2) is 30.6 Å². The maximum atomic E-state index is 13.7. The molecule has 1 aliphatic heterocycles. The number of urea groups is 1. The minimum Gasteiger partial charge on any atom is -0.494 e. The summed E-state index contributed by atoms with van der Waals surface area (Å²) in [6.07, 6.45) is 1.93. The zero-order chi connectivity index (χ0) is 19.2. The molecule has 1 saturated heterocycles. The SMILES string of the molecule is CCOc1ccc(C2CCCN2C(=O)NCCc2c(F)cccc2F)cc1. The molecule has 27 heavy (non-hydrogen) atoms. The molecule has 2 aromatic carbocycles. The first-order valence-corrected chi connectivity index (χ1v) is 9.30. The molecule has 0 bridgehead atoms. The highest BCUT2D eigenvalue weighted by Crippen LogP contribution is 2.32. The lowest BCUT2D eigenvalue weighted by Gasteiger charge is -2.25. The van der Waals surface area contributed by atoms with Crippen molar-refractivity contribution in [1.29, 1.82) is 0 Å². The summed E-state index contributed by atoms with van der Waals surface area (Å²) in [4.78, 5) is 14.3. The Morgan fingerprint density at radius 1 is 1.19 bits per heavy atom. The zero-order valence-electron chi connectivity index (χ0n) is 15.4. The van der Waals surface area contributed by atoms with Crippen LogP contribution >= 0.6 is 0 Å². The van der Waals surface area contributed by atoms with Crippen molar-refractivity contribution in [2.45, 2.75) is 32.2 Å². The number of carbonyl (C=O) groups excluding carboxylic acids is 1. The van der Waals surface area contributed by atoms with E-state index in [1.165, 1.54) is 18.2 Å². The number of ether oxygens (including phenoxy) is 1. The summed E-state index contributed by atoms with van der Waals surface area (Å²) in [5.41, 5.74) is 1.06. The second-order valence-corrected chi connectivity index (χ2v) is 6.54. The predicted octanol–water partition coefficient (Wildman–Crippen LogP) is 4.45. The second-order valence-electron chi connectivity index (χ2n) is 6.54. The van der Waals surface area contributed by atoms with E-state index in [0.29, 0.717) is 13.2 Å². The molecule has 1 atom stereocenters. The van der Waals surface area contributed by atoms with Crippen LogP contribution in [-0.2, 0) is 6.42 Å². The molecule has 2 amide bonds. The normalized spacial score (nSPS) is 16.4. The first kappa shape index (κ1) is 19.1. The quantitative estimate of drug-likeness (QED) is 0.811. The molecule has 144 valence electrons. The molecule has 0 radical (unpaired) electrons. The van der Waals surface area contributed by atoms with Gasteiger partial charge in [0.2, 0.25) is 0 Å². The number of amides is 2. The highest BCUT2D eigenvalue weighted by molar-refractivity contribution is 5.75. The van der Waals surface area contributed by atoms with Gasteiger partial charge in [-0.05, 0) is 56.0 Å². The third-order valence-electron chi connectivity index (χ3n) is 4.80. The number of hydrogen-bond donors (Lipinski definition) is 1. The number of likely N-dealkylation sites (tertiary alicyclic amines) is 1. The van der Waals surface area contributed by atoms with Crippen LogP contribution in [0.4, 0.5) is 13.6 Å². The third kappa shape index (κ3) is 4.56. The van der Waals surface area contributed by atoms with Gasteiger partial charge in [-0.3, -0.25) is 0 Å². The number of nitrogens with zero attached hydrogens (tertiary/aromatic N) is 1. The van der Waals surface area contributed by atoms with E-state index in [-0.39, 0.29) is 30.6 Å². The number of halogens is 2. The minimum absolute atomic E-state index is 0.00212. The molecule has 3 rings (SSSR count). The van der Waals surface area contributed by atoms with Crippen LogP contribution in [0, 0.1) is 11.6 Å². The minimum atomic E-state index is -0.585. The van der Waals surface area contributed by atoms with E-state index in [2.05, 4.69) is 5.32 Å². The average Bonchev–Trinajstić information content (AvgIpc) is 3.15. The maximum Gasteiger partial charge on any atom is 0.317 e. The van der Waals surface area contributed by atoms with Crippen molar-refractivity contribution >= 4 is 6.03 Å². The fourth-order valence-corrected chi connectivity index (χ4v) is 3.48. The van der Waals surface area contributed by atoms with Crippen molar-refractivity contribution in [3.63, 3.8) is 0 Å². The van der Waals surface area contributed by atoms with Crippen molar-refractivity contribution in [3.05, 3.63) is 65.2 Å². The highest BCUT2D eigenvalue weighted by Gasteiger charge is 2.29. The van der Waals surface area contributed by atoms with Gasteiger partial charge in [-0.15, -0.1) is 0 Å². The maximum absolute atomic E-state index is 13.7. The topological polar surface area (TPSA) is 41.6 Å². The lowest BCUT2D eigenvalue weighted by Crippen LogP contribution is -2.40. The van der Waals surface area contributed by atoms with Gasteiger partial charge in [-0.1, -0.05) is 18.2 Å². The number of nitrogens with one attached hydrogen (secondary N) is 1. The Hall–Kier alpha value is -2.63. The Kier molecular flexibility index (Phi) is 6.27. The third-order valence-corrected chi connectivity index (χ3v) is 4.80. The Bertz CT molecular complexity index is 760. The number of rotatable bonds is 6. The van der Waals surface area contributed by atoms with Gasteiger partial charge in [0, 0.05) is 18.7 Å². The summed E-state index contributed by atoms with van der Waals surface area (Å²) in [5.74, 6) is -0.363. The van der Waals surface area contributed by atoms with E-state index in [4.69, 9.17) is 4.74 Å². The number of benzene rings is 2. The van der Waals surface area contributed by atoms with Crippen LogP contribution in [0.2, 0.25) is 0 Å². The second kappa shape index (κ2) is 8.84. The van der Waals surface area contributed by atoms with E-state index >= 15 is 0 Å². The van der Waals surface area contributed by atoms with Gasteiger partial charge in [0.05, 0.1) is 12.6 Å². The van der Waals surface area contributed by atoms with Crippen molar-refractivity contribution in [3.8, 4) is 5.75 Å². The summed E-state index contributed by atoms with van der Waals surface area (Å²) in [6.45, 7) is 3.39. The van der Waals surface area contributed by atoms with Gasteiger partial charge in [-0.25, -0.2) is 13.6 Å². The van der Waals surface area contributed by atoms with Gasteiger partial charge < -0.3 is 15.0 Å². The molecule has 2 aromatic rings. The molecule has 1 unspecified atom stereocenters. The largest absolute Gasteiger partial charge is 0.494 e. The summed E-state index contributed by atoms with van der Waals surface area (Å²) in [5, 5.41) is 2.79. The predicted molar refractivity (Wildman–Crippen MR) is 99.8 cm³/mol. The summed E-state index contributed by atoms with van der Waals surface area (Å²) >= 11 is 0. The first-order chi connectivity index (χ1) is 13.1. The monoisotopic (exact) mass is 374 g/mol. The molecule has 1 N–H and O–H groups in total.